The van der Waals surface area contributed by atoms with E-state index in [9.17, 15) is 12.8 Å². The van der Waals surface area contributed by atoms with Crippen molar-refractivity contribution in [1.29, 1.82) is 0 Å². The van der Waals surface area contributed by atoms with E-state index in [1.807, 2.05) is 0 Å². The Labute approximate surface area is 204 Å². The maximum Gasteiger partial charge on any atom is 0.240 e. The summed E-state index contributed by atoms with van der Waals surface area (Å²) in [4.78, 5) is 0.145. The minimum absolute atomic E-state index is 0.111. The van der Waals surface area contributed by atoms with Crippen LogP contribution >= 0.6 is 35.0 Å². The van der Waals surface area contributed by atoms with Crippen molar-refractivity contribution in [3.05, 3.63) is 100 Å². The lowest BCUT2D eigenvalue weighted by Crippen LogP contribution is -2.25. The van der Waals surface area contributed by atoms with Gasteiger partial charge in [-0.3, -0.25) is 4.57 Å². The zero-order chi connectivity index (χ0) is 23.4. The van der Waals surface area contributed by atoms with Crippen molar-refractivity contribution in [3.63, 3.8) is 0 Å². The molecular formula is C22H17Cl2FN4O2S2. The van der Waals surface area contributed by atoms with Gasteiger partial charge in [0.15, 0.2) is 11.0 Å². The zero-order valence-electron chi connectivity index (χ0n) is 17.0. The van der Waals surface area contributed by atoms with Gasteiger partial charge in [0.05, 0.1) is 22.2 Å². The number of hydrogen-bond donors (Lipinski definition) is 1. The number of hydrogen-bond acceptors (Lipinski definition) is 5. The largest absolute Gasteiger partial charge is 0.271 e. The number of thioether (sulfide) groups is 1. The Balaban J connectivity index is 1.64. The molecule has 0 aliphatic rings. The van der Waals surface area contributed by atoms with Gasteiger partial charge in [-0.1, -0.05) is 65.3 Å². The molecule has 0 aliphatic heterocycles. The maximum absolute atomic E-state index is 13.2. The van der Waals surface area contributed by atoms with Gasteiger partial charge in [0.25, 0.3) is 0 Å². The number of sulfonamides is 1. The topological polar surface area (TPSA) is 76.9 Å². The van der Waals surface area contributed by atoms with Gasteiger partial charge >= 0.3 is 0 Å². The highest BCUT2D eigenvalue weighted by Gasteiger charge is 2.20. The number of nitrogens with zero attached hydrogens (tertiary/aromatic N) is 3. The quantitative estimate of drug-likeness (QED) is 0.310. The van der Waals surface area contributed by atoms with E-state index in [1.54, 1.807) is 53.1 Å². The molecule has 0 saturated heterocycles. The molecule has 0 bridgehead atoms. The second-order valence-electron chi connectivity index (χ2n) is 6.88. The summed E-state index contributed by atoms with van der Waals surface area (Å²) in [6.07, 6.45) is 0. The molecule has 0 fully saturated rings. The Morgan fingerprint density at radius 2 is 1.70 bits per heavy atom. The average molecular weight is 523 g/mol. The van der Waals surface area contributed by atoms with Crippen molar-refractivity contribution in [2.24, 2.45) is 0 Å². The van der Waals surface area contributed by atoms with Crippen LogP contribution in [-0.2, 0) is 22.3 Å². The number of nitrogens with one attached hydrogen (secondary N) is 1. The third-order valence-corrected chi connectivity index (χ3v) is 7.56. The van der Waals surface area contributed by atoms with Crippen LogP contribution in [0.2, 0.25) is 10.0 Å². The SMILES string of the molecule is O=S(=O)(NCc1nnc(SCc2ccc(F)cc2)n1-c1ccc(Cl)cc1Cl)c1ccccc1. The number of halogens is 3. The molecule has 4 aromatic rings. The highest BCUT2D eigenvalue weighted by molar-refractivity contribution is 7.98. The van der Waals surface area contributed by atoms with Crippen LogP contribution in [0.1, 0.15) is 11.4 Å². The molecule has 3 aromatic carbocycles. The van der Waals surface area contributed by atoms with Crippen LogP contribution in [0.15, 0.2) is 82.8 Å². The van der Waals surface area contributed by atoms with Crippen LogP contribution in [-0.4, -0.2) is 23.2 Å². The van der Waals surface area contributed by atoms with Gasteiger partial charge < -0.3 is 0 Å². The van der Waals surface area contributed by atoms with Crippen molar-refractivity contribution in [2.45, 2.75) is 22.3 Å². The van der Waals surface area contributed by atoms with Gasteiger partial charge in [0.2, 0.25) is 10.0 Å². The van der Waals surface area contributed by atoms with E-state index in [2.05, 4.69) is 14.9 Å². The van der Waals surface area contributed by atoms with Gasteiger partial charge in [-0.05, 0) is 48.0 Å². The first-order chi connectivity index (χ1) is 15.8. The van der Waals surface area contributed by atoms with Gasteiger partial charge in [-0.2, -0.15) is 0 Å². The first kappa shape index (κ1) is 23.7. The van der Waals surface area contributed by atoms with Crippen LogP contribution in [0.3, 0.4) is 0 Å². The fourth-order valence-electron chi connectivity index (χ4n) is 2.98. The highest BCUT2D eigenvalue weighted by atomic mass is 35.5. The standard InChI is InChI=1S/C22H17Cl2FN4O2S2/c23-16-8-11-20(19(24)12-16)29-21(13-26-33(30,31)18-4-2-1-3-5-18)27-28-22(29)32-14-15-6-9-17(25)10-7-15/h1-12,26H,13-14H2. The normalized spacial score (nSPS) is 11.6. The lowest BCUT2D eigenvalue weighted by Gasteiger charge is -2.13. The summed E-state index contributed by atoms with van der Waals surface area (Å²) < 4.78 is 42.8. The van der Waals surface area contributed by atoms with Crippen molar-refractivity contribution < 1.29 is 12.8 Å². The molecule has 1 heterocycles. The first-order valence-corrected chi connectivity index (χ1v) is 12.9. The first-order valence-electron chi connectivity index (χ1n) is 9.65. The molecule has 0 radical (unpaired) electrons. The number of benzene rings is 3. The molecule has 0 amide bonds. The molecule has 33 heavy (non-hydrogen) atoms. The van der Waals surface area contributed by atoms with Crippen molar-refractivity contribution in [3.8, 4) is 5.69 Å². The molecular weight excluding hydrogens is 506 g/mol. The lowest BCUT2D eigenvalue weighted by atomic mass is 10.2. The van der Waals surface area contributed by atoms with E-state index in [0.717, 1.165) is 5.56 Å². The number of aromatic nitrogens is 3. The highest BCUT2D eigenvalue weighted by Crippen LogP contribution is 2.31. The maximum atomic E-state index is 13.2. The summed E-state index contributed by atoms with van der Waals surface area (Å²) in [7, 11) is -3.75. The van der Waals surface area contributed by atoms with Crippen LogP contribution in [0.5, 0.6) is 0 Å². The minimum Gasteiger partial charge on any atom is -0.271 e. The summed E-state index contributed by atoms with van der Waals surface area (Å²) in [5, 5.41) is 9.75. The van der Waals surface area contributed by atoms with Gasteiger partial charge in [-0.25, -0.2) is 17.5 Å². The Morgan fingerprint density at radius 3 is 2.39 bits per heavy atom. The smallest absolute Gasteiger partial charge is 0.240 e. The Bertz CT molecular complexity index is 1370. The summed E-state index contributed by atoms with van der Waals surface area (Å²) in [6.45, 7) is -0.111. The van der Waals surface area contributed by atoms with Crippen molar-refractivity contribution in [1.82, 2.24) is 19.5 Å². The molecule has 170 valence electrons. The predicted molar refractivity (Wildman–Crippen MR) is 128 cm³/mol. The third kappa shape index (κ3) is 5.74. The third-order valence-electron chi connectivity index (χ3n) is 4.61. The minimum atomic E-state index is -3.75. The van der Waals surface area contributed by atoms with E-state index < -0.39 is 10.0 Å². The fraction of sp³-hybridized carbons (Fsp3) is 0.0909. The van der Waals surface area contributed by atoms with E-state index in [1.165, 1.54) is 36.0 Å². The molecule has 0 unspecified atom stereocenters. The van der Waals surface area contributed by atoms with E-state index >= 15 is 0 Å². The predicted octanol–water partition coefficient (Wildman–Crippen LogP) is 5.48. The zero-order valence-corrected chi connectivity index (χ0v) is 20.1. The molecule has 6 nitrogen and oxygen atoms in total. The molecule has 1 aromatic heterocycles. The summed E-state index contributed by atoms with van der Waals surface area (Å²) in [5.74, 6) is 0.535. The molecule has 11 heteroatoms. The molecule has 0 spiro atoms. The second-order valence-corrected chi connectivity index (χ2v) is 10.4. The molecule has 0 saturated carbocycles. The van der Waals surface area contributed by atoms with E-state index in [-0.39, 0.29) is 17.3 Å². The molecule has 0 aliphatic carbocycles. The van der Waals surface area contributed by atoms with E-state index in [4.69, 9.17) is 23.2 Å². The monoisotopic (exact) mass is 522 g/mol. The molecule has 4 rings (SSSR count). The van der Waals surface area contributed by atoms with Gasteiger partial charge in [0, 0.05) is 10.8 Å². The Kier molecular flexibility index (Phi) is 7.35. The van der Waals surface area contributed by atoms with Crippen LogP contribution in [0.25, 0.3) is 5.69 Å². The summed E-state index contributed by atoms with van der Waals surface area (Å²) in [5.41, 5.74) is 1.45. The van der Waals surface area contributed by atoms with Gasteiger partial charge in [0.1, 0.15) is 5.82 Å². The van der Waals surface area contributed by atoms with Crippen LogP contribution < -0.4 is 4.72 Å². The van der Waals surface area contributed by atoms with Crippen molar-refractivity contribution in [2.75, 3.05) is 0 Å². The van der Waals surface area contributed by atoms with Crippen LogP contribution in [0.4, 0.5) is 4.39 Å². The van der Waals surface area contributed by atoms with Crippen LogP contribution in [0, 0.1) is 5.82 Å². The second kappa shape index (κ2) is 10.2. The Morgan fingerprint density at radius 1 is 0.970 bits per heavy atom. The van der Waals surface area contributed by atoms with E-state index in [0.29, 0.717) is 32.5 Å². The van der Waals surface area contributed by atoms with Crippen molar-refractivity contribution >= 4 is 45.0 Å². The fourth-order valence-corrected chi connectivity index (χ4v) is 5.40. The average Bonchev–Trinajstić information content (AvgIpc) is 3.20. The summed E-state index contributed by atoms with van der Waals surface area (Å²) >= 11 is 13.8. The molecule has 1 N–H and O–H groups in total. The summed E-state index contributed by atoms with van der Waals surface area (Å²) in [6, 6.07) is 19.2. The molecule has 0 atom stereocenters. The number of rotatable bonds is 8. The lowest BCUT2D eigenvalue weighted by molar-refractivity contribution is 0.578. The van der Waals surface area contributed by atoms with Gasteiger partial charge in [-0.15, -0.1) is 10.2 Å². The Hall–Kier alpha value is -2.43.